The smallest absolute Gasteiger partial charge is 0.264 e. The van der Waals surface area contributed by atoms with Gasteiger partial charge in [0, 0.05) is 10.9 Å². The average Bonchev–Trinajstić information content (AvgIpc) is 3.32. The average molecular weight is 437 g/mol. The number of nitrogens with one attached hydrogen (secondary N) is 1. The highest BCUT2D eigenvalue weighted by Crippen LogP contribution is 2.28. The Morgan fingerprint density at radius 1 is 1.19 bits per heavy atom. The second-order valence-corrected chi connectivity index (χ2v) is 8.35. The predicted molar refractivity (Wildman–Crippen MR) is 122 cm³/mol. The quantitative estimate of drug-likeness (QED) is 0.445. The number of benzene rings is 2. The molecule has 0 aliphatic carbocycles. The Hall–Kier alpha value is -3.39. The molecule has 2 aromatic carbocycles. The van der Waals surface area contributed by atoms with Crippen LogP contribution >= 0.6 is 11.3 Å². The first kappa shape index (κ1) is 20.9. The van der Waals surface area contributed by atoms with E-state index in [-0.39, 0.29) is 18.5 Å². The number of hydrogen-bond acceptors (Lipinski definition) is 6. The highest BCUT2D eigenvalue weighted by molar-refractivity contribution is 7.15. The third-order valence-electron chi connectivity index (χ3n) is 4.87. The minimum atomic E-state index is -0.305. The van der Waals surface area contributed by atoms with Crippen LogP contribution in [-0.4, -0.2) is 34.2 Å². The Kier molecular flexibility index (Phi) is 5.90. The summed E-state index contributed by atoms with van der Waals surface area (Å²) in [4.78, 5) is 17.5. The number of anilines is 1. The summed E-state index contributed by atoms with van der Waals surface area (Å²) in [6, 6.07) is 13.8. The third kappa shape index (κ3) is 4.54. The molecule has 0 spiro atoms. The molecule has 2 aromatic heterocycles. The van der Waals surface area contributed by atoms with Crippen molar-refractivity contribution in [1.82, 2.24) is 14.6 Å². The molecule has 0 aliphatic heterocycles. The molecule has 4 aromatic rings. The van der Waals surface area contributed by atoms with Crippen LogP contribution in [0.1, 0.15) is 30.9 Å². The van der Waals surface area contributed by atoms with Crippen molar-refractivity contribution in [2.75, 3.05) is 19.0 Å². The number of nitrogens with zero attached hydrogens (tertiary/aromatic N) is 3. The van der Waals surface area contributed by atoms with Gasteiger partial charge in [-0.3, -0.25) is 10.1 Å². The number of hydrogen-bond donors (Lipinski definition) is 1. The zero-order valence-electron chi connectivity index (χ0n) is 17.9. The second kappa shape index (κ2) is 8.77. The minimum absolute atomic E-state index is 0.110. The number of thiazole rings is 1. The molecule has 1 amide bonds. The van der Waals surface area contributed by atoms with E-state index in [0.717, 1.165) is 33.9 Å². The largest absolute Gasteiger partial charge is 0.497 e. The number of carbonyl (C=O) groups is 1. The molecule has 0 aliphatic rings. The van der Waals surface area contributed by atoms with Gasteiger partial charge in [0.1, 0.15) is 11.5 Å². The van der Waals surface area contributed by atoms with Gasteiger partial charge in [-0.25, -0.2) is 4.52 Å². The van der Waals surface area contributed by atoms with E-state index in [9.17, 15) is 4.79 Å². The lowest BCUT2D eigenvalue weighted by molar-refractivity contribution is -0.118. The van der Waals surface area contributed by atoms with Crippen LogP contribution in [-0.2, 0) is 4.79 Å². The number of rotatable bonds is 7. The Labute approximate surface area is 184 Å². The Bertz CT molecular complexity index is 1210. The molecule has 0 saturated heterocycles. The van der Waals surface area contributed by atoms with E-state index >= 15 is 0 Å². The summed E-state index contributed by atoms with van der Waals surface area (Å²) in [6.07, 6.45) is 0. The highest BCUT2D eigenvalue weighted by Gasteiger charge is 2.15. The van der Waals surface area contributed by atoms with Crippen molar-refractivity contribution < 1.29 is 14.3 Å². The van der Waals surface area contributed by atoms with Gasteiger partial charge in [-0.1, -0.05) is 26.0 Å². The summed E-state index contributed by atoms with van der Waals surface area (Å²) in [5.41, 5.74) is 4.04. The van der Waals surface area contributed by atoms with Crippen molar-refractivity contribution in [3.05, 3.63) is 59.0 Å². The van der Waals surface area contributed by atoms with E-state index in [1.54, 1.807) is 11.6 Å². The lowest BCUT2D eigenvalue weighted by Crippen LogP contribution is -2.21. The van der Waals surface area contributed by atoms with Gasteiger partial charge in [0.05, 0.1) is 12.8 Å². The minimum Gasteiger partial charge on any atom is -0.497 e. The maximum absolute atomic E-state index is 12.4. The van der Waals surface area contributed by atoms with E-state index in [0.29, 0.717) is 10.9 Å². The fraction of sp³-hybridized carbons (Fsp3) is 0.261. The molecule has 8 heteroatoms. The fourth-order valence-corrected chi connectivity index (χ4v) is 4.07. The Morgan fingerprint density at radius 3 is 2.68 bits per heavy atom. The predicted octanol–water partition coefficient (Wildman–Crippen LogP) is 4.92. The number of carbonyl (C=O) groups excluding carboxylic acids is 1. The summed E-state index contributed by atoms with van der Waals surface area (Å²) < 4.78 is 12.7. The first-order chi connectivity index (χ1) is 14.9. The Balaban J connectivity index is 1.46. The Morgan fingerprint density at radius 2 is 1.97 bits per heavy atom. The van der Waals surface area contributed by atoms with E-state index in [1.165, 1.54) is 11.3 Å². The van der Waals surface area contributed by atoms with E-state index < -0.39 is 0 Å². The van der Waals surface area contributed by atoms with Gasteiger partial charge in [0.15, 0.2) is 6.61 Å². The van der Waals surface area contributed by atoms with Crippen molar-refractivity contribution in [2.24, 2.45) is 0 Å². The van der Waals surface area contributed by atoms with Crippen molar-refractivity contribution in [2.45, 2.75) is 26.7 Å². The third-order valence-corrected chi connectivity index (χ3v) is 5.68. The normalized spacial score (nSPS) is 11.1. The van der Waals surface area contributed by atoms with Gasteiger partial charge < -0.3 is 9.47 Å². The molecule has 0 bridgehead atoms. The number of amides is 1. The highest BCUT2D eigenvalue weighted by atomic mass is 32.1. The lowest BCUT2D eigenvalue weighted by Gasteiger charge is -2.14. The van der Waals surface area contributed by atoms with Crippen LogP contribution < -0.4 is 14.8 Å². The van der Waals surface area contributed by atoms with Gasteiger partial charge in [0.25, 0.3) is 11.9 Å². The summed E-state index contributed by atoms with van der Waals surface area (Å²) in [5, 5.41) is 9.15. The van der Waals surface area contributed by atoms with Crippen LogP contribution in [0, 0.1) is 6.92 Å². The fourth-order valence-electron chi connectivity index (χ4n) is 3.24. The molecular formula is C23H24N4O3S. The number of fused-ring (bicyclic) bond motifs is 1. The SMILES string of the molecule is COc1ccc(-c2csc3nc(NC(=O)COc4cc(C)ccc4C(C)C)nn23)cc1. The van der Waals surface area contributed by atoms with Crippen molar-refractivity contribution in [3.8, 4) is 22.8 Å². The summed E-state index contributed by atoms with van der Waals surface area (Å²) in [5.74, 6) is 1.77. The van der Waals surface area contributed by atoms with Crippen LogP contribution in [0.4, 0.5) is 5.95 Å². The van der Waals surface area contributed by atoms with Crippen LogP contribution in [0.15, 0.2) is 47.8 Å². The molecule has 0 radical (unpaired) electrons. The number of ether oxygens (including phenoxy) is 2. The van der Waals surface area contributed by atoms with Crippen LogP contribution in [0.25, 0.3) is 16.2 Å². The van der Waals surface area contributed by atoms with Gasteiger partial charge in [-0.15, -0.1) is 16.4 Å². The lowest BCUT2D eigenvalue weighted by atomic mass is 10.0. The molecule has 160 valence electrons. The maximum atomic E-state index is 12.4. The molecule has 0 unspecified atom stereocenters. The number of aromatic nitrogens is 3. The second-order valence-electron chi connectivity index (χ2n) is 7.51. The zero-order chi connectivity index (χ0) is 22.0. The molecular weight excluding hydrogens is 412 g/mol. The van der Waals surface area contributed by atoms with Gasteiger partial charge >= 0.3 is 0 Å². The first-order valence-electron chi connectivity index (χ1n) is 9.96. The molecule has 2 heterocycles. The van der Waals surface area contributed by atoms with E-state index in [1.807, 2.05) is 54.8 Å². The maximum Gasteiger partial charge on any atom is 0.264 e. The molecule has 7 nitrogen and oxygen atoms in total. The van der Waals surface area contributed by atoms with Crippen LogP contribution in [0.3, 0.4) is 0 Å². The monoisotopic (exact) mass is 436 g/mol. The first-order valence-corrected chi connectivity index (χ1v) is 10.8. The van der Waals surface area contributed by atoms with Crippen molar-refractivity contribution in [3.63, 3.8) is 0 Å². The molecule has 0 atom stereocenters. The van der Waals surface area contributed by atoms with E-state index in [4.69, 9.17) is 9.47 Å². The molecule has 31 heavy (non-hydrogen) atoms. The zero-order valence-corrected chi connectivity index (χ0v) is 18.7. The topological polar surface area (TPSA) is 77.8 Å². The standard InChI is InChI=1S/C23H24N4O3S/c1-14(2)18-10-5-15(3)11-20(18)30-12-21(28)24-22-25-23-27(26-22)19(13-31-23)16-6-8-17(29-4)9-7-16/h5-11,13-14H,12H2,1-4H3,(H,24,26,28). The summed E-state index contributed by atoms with van der Waals surface area (Å²) in [6.45, 7) is 6.08. The number of methoxy groups -OCH3 is 1. The van der Waals surface area contributed by atoms with Crippen molar-refractivity contribution >= 4 is 28.2 Å². The van der Waals surface area contributed by atoms with Gasteiger partial charge in [-0.05, 0) is 54.3 Å². The molecule has 1 N–H and O–H groups in total. The van der Waals surface area contributed by atoms with Crippen molar-refractivity contribution in [1.29, 1.82) is 0 Å². The van der Waals surface area contributed by atoms with Gasteiger partial charge in [0.2, 0.25) is 4.96 Å². The molecule has 0 fully saturated rings. The summed E-state index contributed by atoms with van der Waals surface area (Å²) in [7, 11) is 1.64. The van der Waals surface area contributed by atoms with Gasteiger partial charge in [-0.2, -0.15) is 4.98 Å². The number of aryl methyl sites for hydroxylation is 1. The molecule has 0 saturated carbocycles. The summed E-state index contributed by atoms with van der Waals surface area (Å²) >= 11 is 1.46. The molecule has 4 rings (SSSR count). The van der Waals surface area contributed by atoms with Crippen LogP contribution in [0.5, 0.6) is 11.5 Å². The van der Waals surface area contributed by atoms with E-state index in [2.05, 4.69) is 29.2 Å². The van der Waals surface area contributed by atoms with Crippen LogP contribution in [0.2, 0.25) is 0 Å².